The van der Waals surface area contributed by atoms with Crippen LogP contribution < -0.4 is 5.32 Å². The maximum atomic E-state index is 12.4. The van der Waals surface area contributed by atoms with Gasteiger partial charge in [0.2, 0.25) is 5.91 Å². The lowest BCUT2D eigenvalue weighted by atomic mass is 10.2. The van der Waals surface area contributed by atoms with Crippen molar-refractivity contribution in [1.82, 2.24) is 20.1 Å². The number of carbonyl (C=O) groups excluding carboxylic acids is 1. The summed E-state index contributed by atoms with van der Waals surface area (Å²) in [5.74, 6) is 2.25. The van der Waals surface area contributed by atoms with Crippen LogP contribution in [0.25, 0.3) is 17.1 Å². The summed E-state index contributed by atoms with van der Waals surface area (Å²) in [6, 6.07) is 15.1. The van der Waals surface area contributed by atoms with Gasteiger partial charge in [0.1, 0.15) is 11.5 Å². The number of furan rings is 2. The van der Waals surface area contributed by atoms with Crippen LogP contribution in [0.5, 0.6) is 0 Å². The minimum absolute atomic E-state index is 0.109. The number of rotatable bonds is 7. The quantitative estimate of drug-likeness (QED) is 0.456. The van der Waals surface area contributed by atoms with Crippen molar-refractivity contribution in [2.45, 2.75) is 25.0 Å². The first-order chi connectivity index (χ1) is 14.1. The fourth-order valence-corrected chi connectivity index (χ4v) is 3.75. The fraction of sp³-hybridized carbons (Fsp3) is 0.190. The van der Waals surface area contributed by atoms with Gasteiger partial charge in [0, 0.05) is 5.69 Å². The van der Waals surface area contributed by atoms with Crippen LogP contribution in [0.15, 0.2) is 75.0 Å². The SMILES string of the molecule is Cc1occc1-c1nnc(SCC(=O)N[C@@H](C)c2ccco2)n1-c1ccccc1. The van der Waals surface area contributed by atoms with Gasteiger partial charge in [-0.15, -0.1) is 10.2 Å². The molecule has 7 nitrogen and oxygen atoms in total. The molecule has 1 amide bonds. The first-order valence-electron chi connectivity index (χ1n) is 9.14. The van der Waals surface area contributed by atoms with Crippen molar-refractivity contribution >= 4 is 17.7 Å². The van der Waals surface area contributed by atoms with Crippen molar-refractivity contribution in [3.8, 4) is 17.1 Å². The highest BCUT2D eigenvalue weighted by atomic mass is 32.2. The van der Waals surface area contributed by atoms with Gasteiger partial charge in [-0.05, 0) is 44.2 Å². The molecule has 0 spiro atoms. The maximum Gasteiger partial charge on any atom is 0.231 e. The maximum absolute atomic E-state index is 12.4. The summed E-state index contributed by atoms with van der Waals surface area (Å²) in [5.41, 5.74) is 1.78. The molecule has 3 heterocycles. The van der Waals surface area contributed by atoms with Gasteiger partial charge in [-0.2, -0.15) is 0 Å². The molecule has 1 N–H and O–H groups in total. The van der Waals surface area contributed by atoms with E-state index in [1.54, 1.807) is 18.6 Å². The Morgan fingerprint density at radius 2 is 1.93 bits per heavy atom. The van der Waals surface area contributed by atoms with E-state index < -0.39 is 0 Å². The molecular weight excluding hydrogens is 388 g/mol. The van der Waals surface area contributed by atoms with Gasteiger partial charge >= 0.3 is 0 Å². The molecule has 3 aromatic heterocycles. The van der Waals surface area contributed by atoms with Crippen molar-refractivity contribution in [2.75, 3.05) is 5.75 Å². The summed E-state index contributed by atoms with van der Waals surface area (Å²) in [6.45, 7) is 3.77. The molecule has 0 radical (unpaired) electrons. The van der Waals surface area contributed by atoms with Gasteiger partial charge in [-0.25, -0.2) is 0 Å². The molecule has 1 atom stereocenters. The molecule has 0 fully saturated rings. The number of aryl methyl sites for hydroxylation is 1. The van der Waals surface area contributed by atoms with Gasteiger partial charge in [0.15, 0.2) is 11.0 Å². The molecule has 8 heteroatoms. The van der Waals surface area contributed by atoms with E-state index in [0.717, 1.165) is 17.0 Å². The van der Waals surface area contributed by atoms with Gasteiger partial charge in [0.25, 0.3) is 0 Å². The lowest BCUT2D eigenvalue weighted by Crippen LogP contribution is -2.28. The van der Waals surface area contributed by atoms with E-state index in [9.17, 15) is 4.79 Å². The van der Waals surface area contributed by atoms with Crippen molar-refractivity contribution in [3.05, 3.63) is 72.6 Å². The zero-order chi connectivity index (χ0) is 20.2. The van der Waals surface area contributed by atoms with Crippen LogP contribution in [-0.4, -0.2) is 26.4 Å². The molecule has 0 aliphatic carbocycles. The molecule has 29 heavy (non-hydrogen) atoms. The monoisotopic (exact) mass is 408 g/mol. The van der Waals surface area contributed by atoms with Crippen LogP contribution in [0.1, 0.15) is 24.5 Å². The smallest absolute Gasteiger partial charge is 0.231 e. The minimum atomic E-state index is -0.200. The Morgan fingerprint density at radius 3 is 2.62 bits per heavy atom. The summed E-state index contributed by atoms with van der Waals surface area (Å²) in [4.78, 5) is 12.4. The number of amides is 1. The van der Waals surface area contributed by atoms with E-state index in [0.29, 0.717) is 16.7 Å². The van der Waals surface area contributed by atoms with Crippen molar-refractivity contribution in [1.29, 1.82) is 0 Å². The van der Waals surface area contributed by atoms with Crippen molar-refractivity contribution < 1.29 is 13.6 Å². The Morgan fingerprint density at radius 1 is 1.10 bits per heavy atom. The van der Waals surface area contributed by atoms with Crippen LogP contribution >= 0.6 is 11.8 Å². The number of nitrogens with zero attached hydrogens (tertiary/aromatic N) is 3. The van der Waals surface area contributed by atoms with Gasteiger partial charge in [-0.3, -0.25) is 9.36 Å². The largest absolute Gasteiger partial charge is 0.469 e. The molecule has 0 saturated carbocycles. The molecule has 1 aromatic carbocycles. The Hall–Kier alpha value is -3.26. The van der Waals surface area contributed by atoms with Crippen LogP contribution in [0.3, 0.4) is 0 Å². The molecule has 0 unspecified atom stereocenters. The van der Waals surface area contributed by atoms with Gasteiger partial charge in [0.05, 0.1) is 29.9 Å². The number of hydrogen-bond donors (Lipinski definition) is 1. The predicted octanol–water partition coefficient (Wildman–Crippen LogP) is 4.40. The highest BCUT2D eigenvalue weighted by Gasteiger charge is 2.20. The van der Waals surface area contributed by atoms with E-state index >= 15 is 0 Å². The third-order valence-electron chi connectivity index (χ3n) is 4.43. The molecule has 4 rings (SSSR count). The van der Waals surface area contributed by atoms with Crippen LogP contribution in [-0.2, 0) is 4.79 Å². The molecule has 0 bridgehead atoms. The first kappa shape index (κ1) is 19.1. The average molecular weight is 408 g/mol. The predicted molar refractivity (Wildman–Crippen MR) is 110 cm³/mol. The molecule has 0 aliphatic heterocycles. The van der Waals surface area contributed by atoms with Crippen molar-refractivity contribution in [2.24, 2.45) is 0 Å². The zero-order valence-electron chi connectivity index (χ0n) is 16.0. The second-order valence-corrected chi connectivity index (χ2v) is 7.40. The lowest BCUT2D eigenvalue weighted by molar-refractivity contribution is -0.119. The number of thioether (sulfide) groups is 1. The Balaban J connectivity index is 1.55. The summed E-state index contributed by atoms with van der Waals surface area (Å²) >= 11 is 1.33. The minimum Gasteiger partial charge on any atom is -0.469 e. The third kappa shape index (κ3) is 4.12. The van der Waals surface area contributed by atoms with E-state index in [2.05, 4.69) is 15.5 Å². The Labute approximate surface area is 172 Å². The third-order valence-corrected chi connectivity index (χ3v) is 5.36. The number of benzene rings is 1. The van der Waals surface area contributed by atoms with Crippen LogP contribution in [0, 0.1) is 6.92 Å². The zero-order valence-corrected chi connectivity index (χ0v) is 16.8. The van der Waals surface area contributed by atoms with E-state index in [-0.39, 0.29) is 17.7 Å². The topological polar surface area (TPSA) is 86.1 Å². The fourth-order valence-electron chi connectivity index (χ4n) is 2.99. The summed E-state index contributed by atoms with van der Waals surface area (Å²) in [5, 5.41) is 12.2. The second kappa shape index (κ2) is 8.40. The van der Waals surface area contributed by atoms with E-state index in [4.69, 9.17) is 8.83 Å². The first-order valence-corrected chi connectivity index (χ1v) is 10.1. The van der Waals surface area contributed by atoms with Gasteiger partial charge < -0.3 is 14.2 Å². The van der Waals surface area contributed by atoms with Crippen molar-refractivity contribution in [3.63, 3.8) is 0 Å². The highest BCUT2D eigenvalue weighted by Crippen LogP contribution is 2.30. The van der Waals surface area contributed by atoms with Crippen LogP contribution in [0.4, 0.5) is 0 Å². The number of aromatic nitrogens is 3. The van der Waals surface area contributed by atoms with E-state index in [1.807, 2.05) is 60.9 Å². The standard InChI is InChI=1S/C21H20N4O3S/c1-14(18-9-6-11-28-18)22-19(26)13-29-21-24-23-20(17-10-12-27-15(17)2)25(21)16-7-4-3-5-8-16/h3-12,14H,13H2,1-2H3,(H,22,26)/t14-/m0/s1. The molecule has 148 valence electrons. The normalized spacial score (nSPS) is 12.1. The summed E-state index contributed by atoms with van der Waals surface area (Å²) in [6.07, 6.45) is 3.22. The number of carbonyl (C=O) groups is 1. The van der Waals surface area contributed by atoms with E-state index in [1.165, 1.54) is 11.8 Å². The Bertz CT molecular complexity index is 1090. The molecule has 4 aromatic rings. The van der Waals surface area contributed by atoms with Crippen LogP contribution in [0.2, 0.25) is 0 Å². The molecule has 0 aliphatic rings. The highest BCUT2D eigenvalue weighted by molar-refractivity contribution is 7.99. The average Bonchev–Trinajstić information content (AvgIpc) is 3.47. The summed E-state index contributed by atoms with van der Waals surface area (Å²) in [7, 11) is 0. The van der Waals surface area contributed by atoms with Gasteiger partial charge in [-0.1, -0.05) is 30.0 Å². The lowest BCUT2D eigenvalue weighted by Gasteiger charge is -2.12. The molecule has 0 saturated heterocycles. The number of hydrogen-bond acceptors (Lipinski definition) is 6. The summed E-state index contributed by atoms with van der Waals surface area (Å²) < 4.78 is 12.7. The second-order valence-electron chi connectivity index (χ2n) is 6.46. The number of nitrogens with one attached hydrogen (secondary N) is 1. The molecular formula is C21H20N4O3S. The number of para-hydroxylation sites is 1. The Kier molecular flexibility index (Phi) is 5.53.